The first-order chi connectivity index (χ1) is 6.92. The van der Waals surface area contributed by atoms with Gasteiger partial charge in [0.15, 0.2) is 0 Å². The minimum atomic E-state index is -1.22. The zero-order valence-corrected chi connectivity index (χ0v) is 9.17. The summed E-state index contributed by atoms with van der Waals surface area (Å²) in [6.07, 6.45) is 3.49. The molecule has 15 heavy (non-hydrogen) atoms. The number of hydrogen-bond donors (Lipinski definition) is 3. The van der Waals surface area contributed by atoms with Gasteiger partial charge in [0.1, 0.15) is 5.54 Å². The average Bonchev–Trinajstić information content (AvgIpc) is 2.86. The molecule has 1 aliphatic rings. The highest BCUT2D eigenvalue weighted by Crippen LogP contribution is 2.31. The lowest BCUT2D eigenvalue weighted by atomic mass is 10.1. The molecule has 0 heterocycles. The Morgan fingerprint density at radius 3 is 2.47 bits per heavy atom. The van der Waals surface area contributed by atoms with Crippen LogP contribution < -0.4 is 10.6 Å². The Kier molecular flexibility index (Phi) is 3.55. The summed E-state index contributed by atoms with van der Waals surface area (Å²) in [5.41, 5.74) is -1.22. The maximum absolute atomic E-state index is 11.3. The third kappa shape index (κ3) is 4.18. The van der Waals surface area contributed by atoms with Crippen molar-refractivity contribution in [2.24, 2.45) is 5.92 Å². The molecular formula is C10H18N2O3. The number of carboxylic acids is 1. The van der Waals surface area contributed by atoms with E-state index in [-0.39, 0.29) is 0 Å². The molecule has 0 aromatic heterocycles. The molecule has 0 aromatic rings. The fourth-order valence-corrected chi connectivity index (χ4v) is 1.18. The SMILES string of the molecule is CC(C)(NC(=O)NCCC1CC1)C(=O)O. The molecule has 5 nitrogen and oxygen atoms in total. The zero-order valence-electron chi connectivity index (χ0n) is 9.17. The van der Waals surface area contributed by atoms with Crippen LogP contribution >= 0.6 is 0 Å². The normalized spacial score (nSPS) is 15.9. The van der Waals surface area contributed by atoms with Crippen LogP contribution in [0.5, 0.6) is 0 Å². The van der Waals surface area contributed by atoms with Crippen molar-refractivity contribution in [1.29, 1.82) is 0 Å². The first kappa shape index (κ1) is 11.8. The molecule has 5 heteroatoms. The Hall–Kier alpha value is -1.26. The second-order valence-electron chi connectivity index (χ2n) is 4.54. The minimum Gasteiger partial charge on any atom is -0.480 e. The number of amides is 2. The van der Waals surface area contributed by atoms with Crippen molar-refractivity contribution in [2.75, 3.05) is 6.54 Å². The summed E-state index contributed by atoms with van der Waals surface area (Å²) >= 11 is 0. The highest BCUT2D eigenvalue weighted by molar-refractivity contribution is 5.85. The van der Waals surface area contributed by atoms with Crippen LogP contribution in [0.2, 0.25) is 0 Å². The molecule has 2 amide bonds. The molecule has 0 aromatic carbocycles. The zero-order chi connectivity index (χ0) is 11.5. The molecule has 1 fully saturated rings. The molecule has 0 spiro atoms. The van der Waals surface area contributed by atoms with Crippen LogP contribution in [0.15, 0.2) is 0 Å². The summed E-state index contributed by atoms with van der Waals surface area (Å²) in [7, 11) is 0. The lowest BCUT2D eigenvalue weighted by Gasteiger charge is -2.21. The van der Waals surface area contributed by atoms with Crippen molar-refractivity contribution < 1.29 is 14.7 Å². The Morgan fingerprint density at radius 1 is 1.40 bits per heavy atom. The van der Waals surface area contributed by atoms with Crippen LogP contribution in [0.4, 0.5) is 4.79 Å². The third-order valence-corrected chi connectivity index (χ3v) is 2.50. The Labute approximate surface area is 89.2 Å². The summed E-state index contributed by atoms with van der Waals surface area (Å²) in [5.74, 6) is -0.280. The predicted octanol–water partition coefficient (Wildman–Crippen LogP) is 0.949. The van der Waals surface area contributed by atoms with E-state index in [0.717, 1.165) is 12.3 Å². The van der Waals surface area contributed by atoms with Gasteiger partial charge in [0, 0.05) is 6.54 Å². The van der Waals surface area contributed by atoms with Crippen LogP contribution in [-0.4, -0.2) is 29.2 Å². The van der Waals surface area contributed by atoms with Gasteiger partial charge in [0.05, 0.1) is 0 Å². The quantitative estimate of drug-likeness (QED) is 0.637. The van der Waals surface area contributed by atoms with E-state index in [0.29, 0.717) is 6.54 Å². The number of nitrogens with one attached hydrogen (secondary N) is 2. The Bertz CT molecular complexity index is 259. The highest BCUT2D eigenvalue weighted by Gasteiger charge is 2.29. The van der Waals surface area contributed by atoms with Crippen molar-refractivity contribution in [1.82, 2.24) is 10.6 Å². The number of carbonyl (C=O) groups is 2. The second kappa shape index (κ2) is 4.51. The van der Waals surface area contributed by atoms with E-state index in [2.05, 4.69) is 10.6 Å². The predicted molar refractivity (Wildman–Crippen MR) is 55.6 cm³/mol. The fraction of sp³-hybridized carbons (Fsp3) is 0.800. The molecule has 86 valence electrons. The topological polar surface area (TPSA) is 78.4 Å². The number of urea groups is 1. The Morgan fingerprint density at radius 2 is 2.00 bits per heavy atom. The maximum atomic E-state index is 11.3. The Balaban J connectivity index is 2.18. The summed E-state index contributed by atoms with van der Waals surface area (Å²) in [5, 5.41) is 13.8. The van der Waals surface area contributed by atoms with Gasteiger partial charge < -0.3 is 15.7 Å². The van der Waals surface area contributed by atoms with Crippen molar-refractivity contribution >= 4 is 12.0 Å². The number of carbonyl (C=O) groups excluding carboxylic acids is 1. The van der Waals surface area contributed by atoms with Crippen molar-refractivity contribution in [3.8, 4) is 0 Å². The van der Waals surface area contributed by atoms with Crippen LogP contribution in [0, 0.1) is 5.92 Å². The van der Waals surface area contributed by atoms with Gasteiger partial charge in [0.2, 0.25) is 0 Å². The minimum absolute atomic E-state index is 0.414. The van der Waals surface area contributed by atoms with E-state index in [1.165, 1.54) is 26.7 Å². The van der Waals surface area contributed by atoms with Gasteiger partial charge in [-0.25, -0.2) is 9.59 Å². The molecular weight excluding hydrogens is 196 g/mol. The molecule has 1 rings (SSSR count). The molecule has 1 saturated carbocycles. The van der Waals surface area contributed by atoms with E-state index < -0.39 is 17.5 Å². The molecule has 1 aliphatic carbocycles. The lowest BCUT2D eigenvalue weighted by Crippen LogP contribution is -2.53. The van der Waals surface area contributed by atoms with Gasteiger partial charge >= 0.3 is 12.0 Å². The number of rotatable bonds is 5. The second-order valence-corrected chi connectivity index (χ2v) is 4.54. The van der Waals surface area contributed by atoms with Crippen molar-refractivity contribution in [2.45, 2.75) is 38.6 Å². The van der Waals surface area contributed by atoms with Crippen LogP contribution in [0.3, 0.4) is 0 Å². The van der Waals surface area contributed by atoms with Crippen molar-refractivity contribution in [3.63, 3.8) is 0 Å². The smallest absolute Gasteiger partial charge is 0.328 e. The highest BCUT2D eigenvalue weighted by atomic mass is 16.4. The third-order valence-electron chi connectivity index (χ3n) is 2.50. The van der Waals surface area contributed by atoms with E-state index >= 15 is 0 Å². The first-order valence-electron chi connectivity index (χ1n) is 5.21. The maximum Gasteiger partial charge on any atom is 0.328 e. The van der Waals surface area contributed by atoms with Crippen LogP contribution in [0.1, 0.15) is 33.1 Å². The van der Waals surface area contributed by atoms with Gasteiger partial charge in [-0.1, -0.05) is 12.8 Å². The molecule has 3 N–H and O–H groups in total. The van der Waals surface area contributed by atoms with Gasteiger partial charge in [-0.2, -0.15) is 0 Å². The van der Waals surface area contributed by atoms with E-state index in [1.54, 1.807) is 0 Å². The number of hydrogen-bond acceptors (Lipinski definition) is 2. The van der Waals surface area contributed by atoms with Crippen LogP contribution in [-0.2, 0) is 4.79 Å². The first-order valence-corrected chi connectivity index (χ1v) is 5.21. The molecule has 0 unspecified atom stereocenters. The van der Waals surface area contributed by atoms with E-state index in [9.17, 15) is 9.59 Å². The molecule has 0 atom stereocenters. The standard InChI is InChI=1S/C10H18N2O3/c1-10(2,8(13)14)12-9(15)11-6-5-7-3-4-7/h7H,3-6H2,1-2H3,(H,13,14)(H2,11,12,15). The molecule has 0 aliphatic heterocycles. The van der Waals surface area contributed by atoms with Crippen LogP contribution in [0.25, 0.3) is 0 Å². The molecule has 0 radical (unpaired) electrons. The largest absolute Gasteiger partial charge is 0.480 e. The summed E-state index contributed by atoms with van der Waals surface area (Å²) in [6, 6.07) is -0.414. The van der Waals surface area contributed by atoms with E-state index in [1.807, 2.05) is 0 Å². The van der Waals surface area contributed by atoms with Crippen molar-refractivity contribution in [3.05, 3.63) is 0 Å². The average molecular weight is 214 g/mol. The molecule has 0 bridgehead atoms. The van der Waals surface area contributed by atoms with Gasteiger partial charge in [-0.3, -0.25) is 0 Å². The van der Waals surface area contributed by atoms with Gasteiger partial charge in [-0.15, -0.1) is 0 Å². The monoisotopic (exact) mass is 214 g/mol. The number of carboxylic acid groups (broad SMARTS) is 1. The summed E-state index contributed by atoms with van der Waals surface area (Å²) in [4.78, 5) is 22.0. The summed E-state index contributed by atoms with van der Waals surface area (Å²) in [6.45, 7) is 3.53. The fourth-order valence-electron chi connectivity index (χ4n) is 1.18. The lowest BCUT2D eigenvalue weighted by molar-refractivity contribution is -0.142. The van der Waals surface area contributed by atoms with Gasteiger partial charge in [0.25, 0.3) is 0 Å². The van der Waals surface area contributed by atoms with Gasteiger partial charge in [-0.05, 0) is 26.2 Å². The number of aliphatic carboxylic acids is 1. The van der Waals surface area contributed by atoms with E-state index in [4.69, 9.17) is 5.11 Å². The summed E-state index contributed by atoms with van der Waals surface area (Å²) < 4.78 is 0. The molecule has 0 saturated heterocycles.